The highest BCUT2D eigenvalue weighted by atomic mass is 16.4. The van der Waals surface area contributed by atoms with Crippen LogP contribution in [-0.4, -0.2) is 51.6 Å². The van der Waals surface area contributed by atoms with Gasteiger partial charge in [-0.3, -0.25) is 4.79 Å². The number of rotatable bonds is 8. The second kappa shape index (κ2) is 10.1. The second-order valence-corrected chi connectivity index (χ2v) is 7.97. The van der Waals surface area contributed by atoms with E-state index in [1.165, 1.54) is 0 Å². The standard InChI is InChI=1S/C25H26N6O2/c1-17-29-30-25(33-17)20-13-7-8-14-21(20)28-24(32)22-16-19(12-9-15-31(2)3)26-23(27-22)18-10-5-4-6-11-18/h4-8,10-11,13-14,16H,9,12,15H2,1-3H3,(H,28,32). The van der Waals surface area contributed by atoms with Crippen molar-refractivity contribution >= 4 is 11.6 Å². The third kappa shape index (κ3) is 5.67. The van der Waals surface area contributed by atoms with E-state index in [0.717, 1.165) is 30.6 Å². The molecule has 0 aliphatic heterocycles. The molecule has 0 unspecified atom stereocenters. The number of benzene rings is 2. The monoisotopic (exact) mass is 442 g/mol. The van der Waals surface area contributed by atoms with Crippen LogP contribution in [0.4, 0.5) is 5.69 Å². The SMILES string of the molecule is Cc1nnc(-c2ccccc2NC(=O)c2cc(CCCN(C)C)nc(-c3ccccc3)n2)o1. The van der Waals surface area contributed by atoms with Crippen LogP contribution >= 0.6 is 0 Å². The number of para-hydroxylation sites is 1. The molecule has 0 saturated heterocycles. The van der Waals surface area contributed by atoms with Gasteiger partial charge in [-0.1, -0.05) is 42.5 Å². The predicted octanol–water partition coefficient (Wildman–Crippen LogP) is 4.25. The van der Waals surface area contributed by atoms with E-state index in [9.17, 15) is 4.79 Å². The summed E-state index contributed by atoms with van der Waals surface area (Å²) in [5.74, 6) is 1.01. The van der Waals surface area contributed by atoms with Gasteiger partial charge in [-0.05, 0) is 51.7 Å². The number of aryl methyl sites for hydroxylation is 2. The zero-order valence-corrected chi connectivity index (χ0v) is 18.9. The zero-order chi connectivity index (χ0) is 23.2. The predicted molar refractivity (Wildman–Crippen MR) is 127 cm³/mol. The van der Waals surface area contributed by atoms with E-state index in [1.807, 2.05) is 62.6 Å². The molecule has 0 bridgehead atoms. The molecule has 0 spiro atoms. The Hall–Kier alpha value is -3.91. The summed E-state index contributed by atoms with van der Waals surface area (Å²) in [4.78, 5) is 24.7. The summed E-state index contributed by atoms with van der Waals surface area (Å²) in [7, 11) is 4.08. The Morgan fingerprint density at radius 1 is 1.00 bits per heavy atom. The molecule has 0 radical (unpaired) electrons. The lowest BCUT2D eigenvalue weighted by Crippen LogP contribution is -2.17. The van der Waals surface area contributed by atoms with Gasteiger partial charge in [0.05, 0.1) is 11.3 Å². The number of hydrogen-bond donors (Lipinski definition) is 1. The highest BCUT2D eigenvalue weighted by Gasteiger charge is 2.17. The van der Waals surface area contributed by atoms with Gasteiger partial charge in [0, 0.05) is 18.2 Å². The molecule has 168 valence electrons. The highest BCUT2D eigenvalue weighted by molar-refractivity contribution is 6.05. The quantitative estimate of drug-likeness (QED) is 0.436. The highest BCUT2D eigenvalue weighted by Crippen LogP contribution is 2.27. The maximum Gasteiger partial charge on any atom is 0.274 e. The fourth-order valence-corrected chi connectivity index (χ4v) is 3.40. The van der Waals surface area contributed by atoms with E-state index in [1.54, 1.807) is 19.1 Å². The van der Waals surface area contributed by atoms with Crippen molar-refractivity contribution in [2.45, 2.75) is 19.8 Å². The van der Waals surface area contributed by atoms with E-state index in [4.69, 9.17) is 9.40 Å². The van der Waals surface area contributed by atoms with E-state index < -0.39 is 0 Å². The van der Waals surface area contributed by atoms with Crippen molar-refractivity contribution in [2.75, 3.05) is 26.0 Å². The van der Waals surface area contributed by atoms with E-state index in [-0.39, 0.29) is 5.91 Å². The van der Waals surface area contributed by atoms with Crippen LogP contribution in [0.3, 0.4) is 0 Å². The Kier molecular flexibility index (Phi) is 6.85. The van der Waals surface area contributed by atoms with Gasteiger partial charge in [-0.2, -0.15) is 0 Å². The Labute approximate surface area is 192 Å². The Balaban J connectivity index is 1.64. The summed E-state index contributed by atoms with van der Waals surface area (Å²) in [6, 6.07) is 18.7. The number of nitrogens with one attached hydrogen (secondary N) is 1. The lowest BCUT2D eigenvalue weighted by atomic mass is 10.1. The molecule has 4 rings (SSSR count). The second-order valence-electron chi connectivity index (χ2n) is 7.97. The summed E-state index contributed by atoms with van der Waals surface area (Å²) in [5, 5.41) is 10.9. The number of nitrogens with zero attached hydrogens (tertiary/aromatic N) is 5. The van der Waals surface area contributed by atoms with Crippen LogP contribution in [0.25, 0.3) is 22.8 Å². The molecular weight excluding hydrogens is 416 g/mol. The van der Waals surface area contributed by atoms with Crippen LogP contribution in [0.2, 0.25) is 0 Å². The fraction of sp³-hybridized carbons (Fsp3) is 0.240. The Bertz CT molecular complexity index is 1240. The van der Waals surface area contributed by atoms with Gasteiger partial charge in [-0.25, -0.2) is 9.97 Å². The summed E-state index contributed by atoms with van der Waals surface area (Å²) >= 11 is 0. The summed E-state index contributed by atoms with van der Waals surface area (Å²) in [6.45, 7) is 2.66. The van der Waals surface area contributed by atoms with E-state index >= 15 is 0 Å². The van der Waals surface area contributed by atoms with Crippen LogP contribution in [0.5, 0.6) is 0 Å². The van der Waals surface area contributed by atoms with Gasteiger partial charge in [-0.15, -0.1) is 10.2 Å². The van der Waals surface area contributed by atoms with Gasteiger partial charge in [0.25, 0.3) is 5.91 Å². The largest absolute Gasteiger partial charge is 0.421 e. The maximum absolute atomic E-state index is 13.2. The molecule has 2 aromatic carbocycles. The number of carbonyl (C=O) groups excluding carboxylic acids is 1. The number of aromatic nitrogens is 4. The van der Waals surface area contributed by atoms with Crippen molar-refractivity contribution in [1.82, 2.24) is 25.1 Å². The lowest BCUT2D eigenvalue weighted by molar-refractivity contribution is 0.102. The number of anilines is 1. The molecule has 8 nitrogen and oxygen atoms in total. The minimum Gasteiger partial charge on any atom is -0.421 e. The molecule has 0 saturated carbocycles. The smallest absolute Gasteiger partial charge is 0.274 e. The maximum atomic E-state index is 13.2. The number of carbonyl (C=O) groups is 1. The first-order valence-corrected chi connectivity index (χ1v) is 10.8. The van der Waals surface area contributed by atoms with E-state index in [0.29, 0.717) is 34.6 Å². The zero-order valence-electron chi connectivity index (χ0n) is 18.9. The van der Waals surface area contributed by atoms with Gasteiger partial charge < -0.3 is 14.6 Å². The average Bonchev–Trinajstić information content (AvgIpc) is 3.25. The minimum absolute atomic E-state index is 0.306. The number of hydrogen-bond acceptors (Lipinski definition) is 7. The average molecular weight is 443 g/mol. The summed E-state index contributed by atoms with van der Waals surface area (Å²) in [5.41, 5.74) is 3.22. The van der Waals surface area contributed by atoms with Crippen LogP contribution < -0.4 is 5.32 Å². The summed E-state index contributed by atoms with van der Waals surface area (Å²) < 4.78 is 5.55. The molecular formula is C25H26N6O2. The van der Waals surface area contributed by atoms with Gasteiger partial charge >= 0.3 is 0 Å². The molecule has 2 heterocycles. The molecule has 0 aliphatic rings. The minimum atomic E-state index is -0.327. The van der Waals surface area contributed by atoms with Gasteiger partial charge in [0.15, 0.2) is 5.82 Å². The van der Waals surface area contributed by atoms with E-state index in [2.05, 4.69) is 25.4 Å². The molecule has 1 amide bonds. The molecule has 33 heavy (non-hydrogen) atoms. The third-order valence-corrected chi connectivity index (χ3v) is 5.01. The van der Waals surface area contributed by atoms with Crippen LogP contribution in [0.15, 0.2) is 65.1 Å². The first kappa shape index (κ1) is 22.3. The molecule has 0 fully saturated rings. The Morgan fingerprint density at radius 2 is 1.76 bits per heavy atom. The molecule has 0 aliphatic carbocycles. The van der Waals surface area contributed by atoms with Crippen molar-refractivity contribution in [3.63, 3.8) is 0 Å². The van der Waals surface area contributed by atoms with Gasteiger partial charge in [0.1, 0.15) is 5.69 Å². The van der Waals surface area contributed by atoms with Crippen molar-refractivity contribution in [2.24, 2.45) is 0 Å². The molecule has 2 aromatic heterocycles. The van der Waals surface area contributed by atoms with Crippen molar-refractivity contribution in [1.29, 1.82) is 0 Å². The fourth-order valence-electron chi connectivity index (χ4n) is 3.40. The molecule has 1 N–H and O–H groups in total. The number of amides is 1. The lowest BCUT2D eigenvalue weighted by Gasteiger charge is -2.12. The topological polar surface area (TPSA) is 97.0 Å². The molecule has 8 heteroatoms. The first-order chi connectivity index (χ1) is 16.0. The molecule has 0 atom stereocenters. The van der Waals surface area contributed by atoms with Crippen molar-refractivity contribution < 1.29 is 9.21 Å². The summed E-state index contributed by atoms with van der Waals surface area (Å²) in [6.07, 6.45) is 1.68. The van der Waals surface area contributed by atoms with Crippen molar-refractivity contribution in [3.8, 4) is 22.8 Å². The molecule has 4 aromatic rings. The van der Waals surface area contributed by atoms with Crippen molar-refractivity contribution in [3.05, 3.63) is 77.9 Å². The van der Waals surface area contributed by atoms with Crippen LogP contribution in [0.1, 0.15) is 28.5 Å². The van der Waals surface area contributed by atoms with Gasteiger partial charge in [0.2, 0.25) is 11.8 Å². The normalized spacial score (nSPS) is 11.0. The van der Waals surface area contributed by atoms with Crippen LogP contribution in [0, 0.1) is 6.92 Å². The van der Waals surface area contributed by atoms with Crippen LogP contribution in [-0.2, 0) is 6.42 Å². The Morgan fingerprint density at radius 3 is 2.48 bits per heavy atom. The third-order valence-electron chi connectivity index (χ3n) is 5.01. The first-order valence-electron chi connectivity index (χ1n) is 10.8.